The molecule has 1 unspecified atom stereocenters. The van der Waals surface area contributed by atoms with Crippen LogP contribution in [0.5, 0.6) is 0 Å². The van der Waals surface area contributed by atoms with E-state index in [0.29, 0.717) is 6.04 Å². The zero-order chi connectivity index (χ0) is 14.5. The molecule has 2 aromatic rings. The van der Waals surface area contributed by atoms with E-state index in [1.165, 1.54) is 16.7 Å². The Hall–Kier alpha value is -1.58. The van der Waals surface area contributed by atoms with E-state index in [9.17, 15) is 0 Å². The summed E-state index contributed by atoms with van der Waals surface area (Å²) in [5.74, 6) is 1.17. The van der Waals surface area contributed by atoms with Gasteiger partial charge in [0.15, 0.2) is 0 Å². The largest absolute Gasteiger partial charge is 0.461 e. The number of aliphatic hydroxyl groups excluding tert-OH is 1. The molecule has 1 N–H and O–H groups in total. The molecule has 2 heterocycles. The van der Waals surface area contributed by atoms with Crippen LogP contribution in [0.1, 0.15) is 17.7 Å². The SMILES string of the molecule is C=CCC1Cc2oc3ccccc3c2CCN1C.CO. The van der Waals surface area contributed by atoms with E-state index < -0.39 is 0 Å². The summed E-state index contributed by atoms with van der Waals surface area (Å²) in [6.45, 7) is 4.95. The van der Waals surface area contributed by atoms with Gasteiger partial charge in [-0.3, -0.25) is 0 Å². The zero-order valence-electron chi connectivity index (χ0n) is 12.3. The Morgan fingerprint density at radius 3 is 2.90 bits per heavy atom. The zero-order valence-corrected chi connectivity index (χ0v) is 12.3. The van der Waals surface area contributed by atoms with Crippen LogP contribution in [0.15, 0.2) is 41.3 Å². The summed E-state index contributed by atoms with van der Waals surface area (Å²) in [6.07, 6.45) is 5.10. The van der Waals surface area contributed by atoms with Gasteiger partial charge in [0.05, 0.1) is 0 Å². The second-order valence-corrected chi connectivity index (χ2v) is 5.11. The van der Waals surface area contributed by atoms with Crippen molar-refractivity contribution in [3.63, 3.8) is 0 Å². The van der Waals surface area contributed by atoms with E-state index >= 15 is 0 Å². The molecule has 0 fully saturated rings. The minimum absolute atomic E-state index is 0.518. The van der Waals surface area contributed by atoms with Crippen molar-refractivity contribution in [2.45, 2.75) is 25.3 Å². The fourth-order valence-electron chi connectivity index (χ4n) is 2.88. The summed E-state index contributed by atoms with van der Waals surface area (Å²) in [7, 11) is 3.20. The van der Waals surface area contributed by atoms with Gasteiger partial charge >= 0.3 is 0 Å². The molecule has 3 rings (SSSR count). The van der Waals surface area contributed by atoms with Gasteiger partial charge in [-0.25, -0.2) is 0 Å². The van der Waals surface area contributed by atoms with E-state index in [2.05, 4.69) is 36.7 Å². The molecule has 20 heavy (non-hydrogen) atoms. The number of para-hydroxylation sites is 1. The number of benzene rings is 1. The van der Waals surface area contributed by atoms with Crippen molar-refractivity contribution in [3.05, 3.63) is 48.2 Å². The molecule has 1 aliphatic rings. The number of furan rings is 1. The molecule has 1 aliphatic heterocycles. The van der Waals surface area contributed by atoms with Crippen molar-refractivity contribution < 1.29 is 9.52 Å². The number of rotatable bonds is 2. The number of hydrogen-bond acceptors (Lipinski definition) is 3. The Labute approximate surface area is 120 Å². The highest BCUT2D eigenvalue weighted by Gasteiger charge is 2.24. The van der Waals surface area contributed by atoms with Gasteiger partial charge in [0.2, 0.25) is 0 Å². The highest BCUT2D eigenvalue weighted by molar-refractivity contribution is 5.82. The van der Waals surface area contributed by atoms with Gasteiger partial charge in [-0.15, -0.1) is 6.58 Å². The van der Waals surface area contributed by atoms with Gasteiger partial charge in [-0.1, -0.05) is 24.3 Å². The lowest BCUT2D eigenvalue weighted by Gasteiger charge is -2.24. The molecule has 0 bridgehead atoms. The molecule has 0 saturated heterocycles. The van der Waals surface area contributed by atoms with Gasteiger partial charge in [0.25, 0.3) is 0 Å². The van der Waals surface area contributed by atoms with Crippen LogP contribution < -0.4 is 0 Å². The third-order valence-corrected chi connectivity index (χ3v) is 3.98. The number of nitrogens with zero attached hydrogens (tertiary/aromatic N) is 1. The van der Waals surface area contributed by atoms with Crippen molar-refractivity contribution in [2.75, 3.05) is 20.7 Å². The maximum Gasteiger partial charge on any atom is 0.134 e. The summed E-state index contributed by atoms with van der Waals surface area (Å²) in [5.41, 5.74) is 2.44. The van der Waals surface area contributed by atoms with Crippen LogP contribution in [-0.4, -0.2) is 36.8 Å². The van der Waals surface area contributed by atoms with Gasteiger partial charge in [0.1, 0.15) is 11.3 Å². The minimum Gasteiger partial charge on any atom is -0.461 e. The molecule has 3 nitrogen and oxygen atoms in total. The van der Waals surface area contributed by atoms with Crippen LogP contribution >= 0.6 is 0 Å². The van der Waals surface area contributed by atoms with Crippen LogP contribution in [0.2, 0.25) is 0 Å². The first-order chi connectivity index (χ1) is 9.79. The second kappa shape index (κ2) is 6.73. The average Bonchev–Trinajstić information content (AvgIpc) is 2.76. The van der Waals surface area contributed by atoms with Gasteiger partial charge < -0.3 is 14.4 Å². The third kappa shape index (κ3) is 2.79. The van der Waals surface area contributed by atoms with E-state index in [4.69, 9.17) is 9.52 Å². The summed E-state index contributed by atoms with van der Waals surface area (Å²) in [5, 5.41) is 8.29. The molecule has 1 aromatic carbocycles. The lowest BCUT2D eigenvalue weighted by molar-refractivity contribution is 0.246. The monoisotopic (exact) mass is 273 g/mol. The first-order valence-corrected chi connectivity index (χ1v) is 7.04. The smallest absolute Gasteiger partial charge is 0.134 e. The first-order valence-electron chi connectivity index (χ1n) is 7.04. The lowest BCUT2D eigenvalue weighted by Crippen LogP contribution is -2.32. The minimum atomic E-state index is 0.518. The first kappa shape index (κ1) is 14.8. The van der Waals surface area contributed by atoms with Gasteiger partial charge in [0, 0.05) is 37.1 Å². The van der Waals surface area contributed by atoms with E-state index in [0.717, 1.165) is 38.5 Å². The molecule has 3 heteroatoms. The predicted molar refractivity (Wildman–Crippen MR) is 83.0 cm³/mol. The summed E-state index contributed by atoms with van der Waals surface area (Å²) < 4.78 is 6.03. The lowest BCUT2D eigenvalue weighted by atomic mass is 10.0. The summed E-state index contributed by atoms with van der Waals surface area (Å²) in [4.78, 5) is 2.42. The van der Waals surface area contributed by atoms with Crippen LogP contribution in [0.3, 0.4) is 0 Å². The fraction of sp³-hybridized carbons (Fsp3) is 0.412. The van der Waals surface area contributed by atoms with Crippen molar-refractivity contribution in [1.29, 1.82) is 0 Å². The molecule has 0 aliphatic carbocycles. The Morgan fingerprint density at radius 2 is 2.15 bits per heavy atom. The third-order valence-electron chi connectivity index (χ3n) is 3.98. The highest BCUT2D eigenvalue weighted by atomic mass is 16.3. The molecule has 0 amide bonds. The molecule has 1 aromatic heterocycles. The van der Waals surface area contributed by atoms with Crippen molar-refractivity contribution in [1.82, 2.24) is 4.90 Å². The topological polar surface area (TPSA) is 36.6 Å². The normalized spacial score (nSPS) is 18.9. The molecular formula is C17H23NO2. The van der Waals surface area contributed by atoms with E-state index in [1.54, 1.807) is 0 Å². The second-order valence-electron chi connectivity index (χ2n) is 5.11. The molecule has 0 spiro atoms. The van der Waals surface area contributed by atoms with E-state index in [1.807, 2.05) is 12.1 Å². The molecule has 0 saturated carbocycles. The van der Waals surface area contributed by atoms with Crippen LogP contribution in [0.25, 0.3) is 11.0 Å². The molecular weight excluding hydrogens is 250 g/mol. The predicted octanol–water partition coefficient (Wildman–Crippen LogP) is 3.02. The summed E-state index contributed by atoms with van der Waals surface area (Å²) in [6, 6.07) is 8.89. The summed E-state index contributed by atoms with van der Waals surface area (Å²) >= 11 is 0. The highest BCUT2D eigenvalue weighted by Crippen LogP contribution is 2.30. The molecule has 0 radical (unpaired) electrons. The molecule has 108 valence electrons. The maximum atomic E-state index is 7.00. The van der Waals surface area contributed by atoms with Crippen molar-refractivity contribution >= 4 is 11.0 Å². The number of fused-ring (bicyclic) bond motifs is 3. The number of likely N-dealkylation sites (N-methyl/N-ethyl adjacent to an activating group) is 1. The van der Waals surface area contributed by atoms with Crippen LogP contribution in [0.4, 0.5) is 0 Å². The Bertz CT molecular complexity index is 573. The maximum absolute atomic E-state index is 7.00. The Kier molecular flexibility index (Phi) is 4.99. The van der Waals surface area contributed by atoms with Crippen LogP contribution in [-0.2, 0) is 12.8 Å². The standard InChI is InChI=1S/C16H19NO.CH4O/c1-3-6-12-11-16-14(9-10-17(12)2)13-7-4-5-8-15(13)18-16;1-2/h3-5,7-8,12H,1,6,9-11H2,2H3;2H,1H3. The quantitative estimate of drug-likeness (QED) is 0.855. The van der Waals surface area contributed by atoms with Crippen molar-refractivity contribution in [2.24, 2.45) is 0 Å². The number of hydrogen-bond donors (Lipinski definition) is 1. The Morgan fingerprint density at radius 1 is 1.40 bits per heavy atom. The average molecular weight is 273 g/mol. The van der Waals surface area contributed by atoms with E-state index in [-0.39, 0.29) is 0 Å². The number of aliphatic hydroxyl groups is 1. The molecule has 1 atom stereocenters. The fourth-order valence-corrected chi connectivity index (χ4v) is 2.88. The van der Waals surface area contributed by atoms with Crippen LogP contribution in [0, 0.1) is 0 Å². The van der Waals surface area contributed by atoms with Crippen molar-refractivity contribution in [3.8, 4) is 0 Å². The Balaban J connectivity index is 0.000000704. The van der Waals surface area contributed by atoms with Gasteiger partial charge in [-0.2, -0.15) is 0 Å². The van der Waals surface area contributed by atoms with Gasteiger partial charge in [-0.05, 0) is 26.0 Å².